The predicted molar refractivity (Wildman–Crippen MR) is 95.5 cm³/mol. The number of anilines is 3. The van der Waals surface area contributed by atoms with Gasteiger partial charge in [-0.3, -0.25) is 4.79 Å². The maximum Gasteiger partial charge on any atom is 0.306 e. The standard InChI is InChI=1S/C18H22N4O3/c1-2-25-15-6-4-3-5-14(15)21-16-11-17(20-12-19-16)22-9-7-13(8-10-22)18(23)24/h3-6,11-13H,2,7-10H2,1H3,(H,23,24)(H,19,20,21). The number of benzene rings is 1. The Kier molecular flexibility index (Phi) is 5.33. The lowest BCUT2D eigenvalue weighted by atomic mass is 9.97. The fraction of sp³-hybridized carbons (Fsp3) is 0.389. The lowest BCUT2D eigenvalue weighted by molar-refractivity contribution is -0.142. The average molecular weight is 342 g/mol. The lowest BCUT2D eigenvalue weighted by Crippen LogP contribution is -2.36. The van der Waals surface area contributed by atoms with Gasteiger partial charge in [0.25, 0.3) is 0 Å². The number of piperidine rings is 1. The van der Waals surface area contributed by atoms with E-state index >= 15 is 0 Å². The molecule has 1 aliphatic rings. The maximum atomic E-state index is 11.1. The summed E-state index contributed by atoms with van der Waals surface area (Å²) < 4.78 is 5.62. The van der Waals surface area contributed by atoms with Crippen LogP contribution < -0.4 is 15.0 Å². The SMILES string of the molecule is CCOc1ccccc1Nc1cc(N2CCC(C(=O)O)CC2)ncn1. The highest BCUT2D eigenvalue weighted by Crippen LogP contribution is 2.28. The molecule has 132 valence electrons. The summed E-state index contributed by atoms with van der Waals surface area (Å²) in [6.07, 6.45) is 2.79. The molecule has 1 aromatic carbocycles. The smallest absolute Gasteiger partial charge is 0.306 e. The van der Waals surface area contributed by atoms with Crippen molar-refractivity contribution < 1.29 is 14.6 Å². The van der Waals surface area contributed by atoms with Gasteiger partial charge in [0.2, 0.25) is 0 Å². The van der Waals surface area contributed by atoms with Crippen molar-refractivity contribution in [2.24, 2.45) is 5.92 Å². The molecule has 2 aromatic rings. The van der Waals surface area contributed by atoms with Gasteiger partial charge in [0.15, 0.2) is 0 Å². The van der Waals surface area contributed by atoms with Gasteiger partial charge in [-0.15, -0.1) is 0 Å². The number of rotatable bonds is 6. The third kappa shape index (κ3) is 4.17. The van der Waals surface area contributed by atoms with Crippen LogP contribution in [0.15, 0.2) is 36.7 Å². The number of nitrogens with zero attached hydrogens (tertiary/aromatic N) is 3. The van der Waals surface area contributed by atoms with Crippen molar-refractivity contribution >= 4 is 23.3 Å². The Morgan fingerprint density at radius 2 is 2.08 bits per heavy atom. The number of aromatic nitrogens is 2. The van der Waals surface area contributed by atoms with E-state index in [0.29, 0.717) is 38.4 Å². The number of nitrogens with one attached hydrogen (secondary N) is 1. The Labute approximate surface area is 146 Å². The lowest BCUT2D eigenvalue weighted by Gasteiger charge is -2.31. The van der Waals surface area contributed by atoms with Gasteiger partial charge in [-0.2, -0.15) is 0 Å². The Bertz CT molecular complexity index is 730. The minimum absolute atomic E-state index is 0.256. The molecule has 2 heterocycles. The summed E-state index contributed by atoms with van der Waals surface area (Å²) >= 11 is 0. The first-order valence-electron chi connectivity index (χ1n) is 8.46. The number of hydrogen-bond donors (Lipinski definition) is 2. The first-order chi connectivity index (χ1) is 12.2. The van der Waals surface area contributed by atoms with Crippen LogP contribution in [0.2, 0.25) is 0 Å². The fourth-order valence-corrected chi connectivity index (χ4v) is 2.93. The van der Waals surface area contributed by atoms with Crippen LogP contribution in [0.3, 0.4) is 0 Å². The normalized spacial score (nSPS) is 15.0. The molecule has 1 fully saturated rings. The summed E-state index contributed by atoms with van der Waals surface area (Å²) in [6, 6.07) is 9.58. The van der Waals surface area contributed by atoms with Crippen LogP contribution >= 0.6 is 0 Å². The van der Waals surface area contributed by atoms with Gasteiger partial charge in [-0.05, 0) is 31.9 Å². The van der Waals surface area contributed by atoms with Crippen LogP contribution in [0.5, 0.6) is 5.75 Å². The Morgan fingerprint density at radius 3 is 2.80 bits per heavy atom. The van der Waals surface area contributed by atoms with E-state index in [2.05, 4.69) is 20.2 Å². The maximum absolute atomic E-state index is 11.1. The van der Waals surface area contributed by atoms with Crippen LogP contribution in [0.4, 0.5) is 17.3 Å². The third-order valence-electron chi connectivity index (χ3n) is 4.27. The highest BCUT2D eigenvalue weighted by molar-refractivity contribution is 5.70. The van der Waals surface area contributed by atoms with Crippen molar-refractivity contribution in [3.63, 3.8) is 0 Å². The molecule has 0 amide bonds. The van der Waals surface area contributed by atoms with Gasteiger partial charge < -0.3 is 20.1 Å². The molecule has 0 unspecified atom stereocenters. The predicted octanol–water partition coefficient (Wildman–Crippen LogP) is 2.92. The fourth-order valence-electron chi connectivity index (χ4n) is 2.93. The summed E-state index contributed by atoms with van der Waals surface area (Å²) in [5.41, 5.74) is 0.846. The minimum atomic E-state index is -0.711. The highest BCUT2D eigenvalue weighted by atomic mass is 16.5. The molecule has 25 heavy (non-hydrogen) atoms. The molecule has 7 heteroatoms. The summed E-state index contributed by atoms with van der Waals surface area (Å²) in [5, 5.41) is 12.4. The number of carboxylic acids is 1. The average Bonchev–Trinajstić information content (AvgIpc) is 2.64. The van der Waals surface area contributed by atoms with Gasteiger partial charge in [0.05, 0.1) is 18.2 Å². The van der Waals surface area contributed by atoms with Crippen molar-refractivity contribution in [3.05, 3.63) is 36.7 Å². The van der Waals surface area contributed by atoms with Crippen molar-refractivity contribution in [3.8, 4) is 5.75 Å². The molecule has 0 radical (unpaired) electrons. The van der Waals surface area contributed by atoms with E-state index in [1.54, 1.807) is 0 Å². The van der Waals surface area contributed by atoms with E-state index < -0.39 is 5.97 Å². The van der Waals surface area contributed by atoms with E-state index in [4.69, 9.17) is 9.84 Å². The zero-order chi connectivity index (χ0) is 17.6. The molecule has 0 bridgehead atoms. The van der Waals surface area contributed by atoms with Gasteiger partial charge in [-0.25, -0.2) is 9.97 Å². The van der Waals surface area contributed by atoms with Crippen LogP contribution in [0.1, 0.15) is 19.8 Å². The molecule has 0 spiro atoms. The summed E-state index contributed by atoms with van der Waals surface area (Å²) in [5.74, 6) is 1.28. The van der Waals surface area contributed by atoms with Gasteiger partial charge in [-0.1, -0.05) is 12.1 Å². The van der Waals surface area contributed by atoms with Crippen LogP contribution in [0, 0.1) is 5.92 Å². The Hall–Kier alpha value is -2.83. The first kappa shape index (κ1) is 17.0. The zero-order valence-electron chi connectivity index (χ0n) is 14.2. The van der Waals surface area contributed by atoms with E-state index in [9.17, 15) is 4.79 Å². The van der Waals surface area contributed by atoms with E-state index in [0.717, 1.165) is 17.3 Å². The first-order valence-corrected chi connectivity index (χ1v) is 8.46. The molecule has 0 saturated carbocycles. The van der Waals surface area contributed by atoms with Crippen LogP contribution in [0.25, 0.3) is 0 Å². The number of carboxylic acid groups (broad SMARTS) is 1. The molecular formula is C18H22N4O3. The number of ether oxygens (including phenoxy) is 1. The molecule has 1 saturated heterocycles. The summed E-state index contributed by atoms with van der Waals surface area (Å²) in [6.45, 7) is 3.90. The monoisotopic (exact) mass is 342 g/mol. The Balaban J connectivity index is 1.71. The van der Waals surface area contributed by atoms with Crippen molar-refractivity contribution in [2.45, 2.75) is 19.8 Å². The summed E-state index contributed by atoms with van der Waals surface area (Å²) in [7, 11) is 0. The van der Waals surface area contributed by atoms with Crippen LogP contribution in [-0.4, -0.2) is 40.7 Å². The van der Waals surface area contributed by atoms with Crippen molar-refractivity contribution in [2.75, 3.05) is 29.9 Å². The zero-order valence-corrected chi connectivity index (χ0v) is 14.2. The third-order valence-corrected chi connectivity index (χ3v) is 4.27. The number of para-hydroxylation sites is 2. The van der Waals surface area contributed by atoms with Crippen molar-refractivity contribution in [1.82, 2.24) is 9.97 Å². The summed E-state index contributed by atoms with van der Waals surface area (Å²) in [4.78, 5) is 21.8. The quantitative estimate of drug-likeness (QED) is 0.834. The van der Waals surface area contributed by atoms with E-state index in [1.165, 1.54) is 6.33 Å². The van der Waals surface area contributed by atoms with Gasteiger partial charge >= 0.3 is 5.97 Å². The topological polar surface area (TPSA) is 87.6 Å². The number of aliphatic carboxylic acids is 1. The molecule has 0 aliphatic carbocycles. The molecule has 1 aliphatic heterocycles. The van der Waals surface area contributed by atoms with E-state index in [-0.39, 0.29) is 5.92 Å². The molecule has 0 atom stereocenters. The van der Waals surface area contributed by atoms with E-state index in [1.807, 2.05) is 37.3 Å². The van der Waals surface area contributed by atoms with Crippen LogP contribution in [-0.2, 0) is 4.79 Å². The minimum Gasteiger partial charge on any atom is -0.492 e. The molecule has 2 N–H and O–H groups in total. The number of hydrogen-bond acceptors (Lipinski definition) is 6. The van der Waals surface area contributed by atoms with Gasteiger partial charge in [0.1, 0.15) is 23.7 Å². The van der Waals surface area contributed by atoms with Gasteiger partial charge in [0, 0.05) is 19.2 Å². The molecular weight excluding hydrogens is 320 g/mol. The second-order valence-corrected chi connectivity index (χ2v) is 5.92. The number of carbonyl (C=O) groups is 1. The highest BCUT2D eigenvalue weighted by Gasteiger charge is 2.25. The molecule has 1 aromatic heterocycles. The van der Waals surface area contributed by atoms with Crippen molar-refractivity contribution in [1.29, 1.82) is 0 Å². The second kappa shape index (κ2) is 7.83. The molecule has 7 nitrogen and oxygen atoms in total. The largest absolute Gasteiger partial charge is 0.492 e. The Morgan fingerprint density at radius 1 is 1.32 bits per heavy atom. The molecule has 3 rings (SSSR count). The second-order valence-electron chi connectivity index (χ2n) is 5.92.